The monoisotopic (exact) mass is 316 g/mol. The van der Waals surface area contributed by atoms with Gasteiger partial charge in [0.1, 0.15) is 0 Å². The maximum absolute atomic E-state index is 12.0. The van der Waals surface area contributed by atoms with E-state index in [0.717, 1.165) is 17.7 Å². The van der Waals surface area contributed by atoms with Crippen LogP contribution in [0.25, 0.3) is 0 Å². The van der Waals surface area contributed by atoms with E-state index in [1.807, 2.05) is 51.4 Å². The van der Waals surface area contributed by atoms with Crippen molar-refractivity contribution in [3.8, 4) is 0 Å². The van der Waals surface area contributed by atoms with Gasteiger partial charge in [-0.15, -0.1) is 0 Å². The zero-order valence-corrected chi connectivity index (χ0v) is 14.2. The molecule has 0 unspecified atom stereocenters. The van der Waals surface area contributed by atoms with E-state index >= 15 is 0 Å². The molecule has 0 bridgehead atoms. The van der Waals surface area contributed by atoms with Crippen LogP contribution in [0.2, 0.25) is 0 Å². The molecule has 2 N–H and O–H groups in total. The Hall–Kier alpha value is -0.560. The van der Waals surface area contributed by atoms with Crippen LogP contribution in [0.15, 0.2) is 24.3 Å². The molecule has 0 saturated heterocycles. The third-order valence-corrected chi connectivity index (χ3v) is 5.58. The van der Waals surface area contributed by atoms with Gasteiger partial charge in [-0.25, -0.2) is 13.1 Å². The molecule has 0 aliphatic heterocycles. The van der Waals surface area contributed by atoms with Crippen LogP contribution in [0.1, 0.15) is 25.0 Å². The number of nitrogens with one attached hydrogen (secondary N) is 2. The summed E-state index contributed by atoms with van der Waals surface area (Å²) in [4.78, 5) is 0. The molecule has 0 heterocycles. The van der Waals surface area contributed by atoms with E-state index in [1.54, 1.807) is 11.8 Å². The molecule has 0 fully saturated rings. The molecule has 0 aliphatic carbocycles. The minimum Gasteiger partial charge on any atom is -0.316 e. The molecule has 0 atom stereocenters. The van der Waals surface area contributed by atoms with Crippen molar-refractivity contribution in [2.75, 3.05) is 19.8 Å². The molecule has 114 valence electrons. The summed E-state index contributed by atoms with van der Waals surface area (Å²) < 4.78 is 26.7. The van der Waals surface area contributed by atoms with Crippen LogP contribution >= 0.6 is 11.8 Å². The minimum absolute atomic E-state index is 0.0251. The lowest BCUT2D eigenvalue weighted by atomic mass is 10.1. The van der Waals surface area contributed by atoms with Crippen molar-refractivity contribution in [1.29, 1.82) is 0 Å². The third kappa shape index (κ3) is 6.26. The Morgan fingerprint density at radius 2 is 1.70 bits per heavy atom. The first-order chi connectivity index (χ1) is 9.28. The van der Waals surface area contributed by atoms with Crippen LogP contribution in [0.3, 0.4) is 0 Å². The fourth-order valence-electron chi connectivity index (χ4n) is 1.58. The summed E-state index contributed by atoms with van der Waals surface area (Å²) in [5.74, 6) is 0.0251. The summed E-state index contributed by atoms with van der Waals surface area (Å²) in [5, 5.41) is 3.06. The molecule has 20 heavy (non-hydrogen) atoms. The van der Waals surface area contributed by atoms with Gasteiger partial charge < -0.3 is 5.32 Å². The van der Waals surface area contributed by atoms with E-state index in [2.05, 4.69) is 10.0 Å². The number of hydrogen-bond donors (Lipinski definition) is 2. The lowest BCUT2D eigenvalue weighted by Crippen LogP contribution is -2.36. The van der Waals surface area contributed by atoms with Gasteiger partial charge >= 0.3 is 0 Å². The first-order valence-electron chi connectivity index (χ1n) is 6.53. The SMILES string of the molecule is CNCc1ccc(CS(=O)(=O)NCC(C)(C)SC)cc1. The second-order valence-electron chi connectivity index (χ2n) is 5.39. The summed E-state index contributed by atoms with van der Waals surface area (Å²) in [6, 6.07) is 7.64. The van der Waals surface area contributed by atoms with E-state index in [1.165, 1.54) is 0 Å². The van der Waals surface area contributed by atoms with Crippen LogP contribution in [-0.2, 0) is 22.3 Å². The van der Waals surface area contributed by atoms with Crippen LogP contribution in [-0.4, -0.2) is 33.0 Å². The summed E-state index contributed by atoms with van der Waals surface area (Å²) in [7, 11) is -1.40. The van der Waals surface area contributed by atoms with E-state index in [-0.39, 0.29) is 10.5 Å². The Morgan fingerprint density at radius 1 is 1.15 bits per heavy atom. The number of sulfonamides is 1. The molecule has 0 saturated carbocycles. The van der Waals surface area contributed by atoms with Gasteiger partial charge in [-0.2, -0.15) is 11.8 Å². The van der Waals surface area contributed by atoms with Gasteiger partial charge in [0.05, 0.1) is 5.75 Å². The molecule has 6 heteroatoms. The van der Waals surface area contributed by atoms with Gasteiger partial charge in [0.2, 0.25) is 10.0 Å². The topological polar surface area (TPSA) is 58.2 Å². The van der Waals surface area contributed by atoms with Gasteiger partial charge in [0.15, 0.2) is 0 Å². The smallest absolute Gasteiger partial charge is 0.215 e. The number of thioether (sulfide) groups is 1. The lowest BCUT2D eigenvalue weighted by molar-refractivity contribution is 0.570. The summed E-state index contributed by atoms with van der Waals surface area (Å²) in [6.45, 7) is 5.26. The van der Waals surface area contributed by atoms with Gasteiger partial charge in [0.25, 0.3) is 0 Å². The van der Waals surface area contributed by atoms with E-state index in [0.29, 0.717) is 6.54 Å². The molecule has 0 radical (unpaired) electrons. The molecule has 0 aliphatic rings. The van der Waals surface area contributed by atoms with Gasteiger partial charge in [0, 0.05) is 17.8 Å². The highest BCUT2D eigenvalue weighted by molar-refractivity contribution is 8.00. The minimum atomic E-state index is -3.28. The van der Waals surface area contributed by atoms with Crippen LogP contribution in [0, 0.1) is 0 Å². The predicted octanol–water partition coefficient (Wildman–Crippen LogP) is 1.97. The molecule has 0 spiro atoms. The first-order valence-corrected chi connectivity index (χ1v) is 9.40. The number of rotatable bonds is 8. The Bertz CT molecular complexity index is 510. The second kappa shape index (κ2) is 7.45. The van der Waals surface area contributed by atoms with Crippen LogP contribution < -0.4 is 10.0 Å². The zero-order chi connectivity index (χ0) is 15.2. The molecular formula is C14H24N2O2S2. The quantitative estimate of drug-likeness (QED) is 0.770. The molecule has 0 aromatic heterocycles. The highest BCUT2D eigenvalue weighted by atomic mass is 32.2. The second-order valence-corrected chi connectivity index (χ2v) is 8.71. The highest BCUT2D eigenvalue weighted by Gasteiger charge is 2.20. The van der Waals surface area contributed by atoms with E-state index < -0.39 is 10.0 Å². The van der Waals surface area contributed by atoms with Crippen molar-refractivity contribution in [2.45, 2.75) is 30.9 Å². The van der Waals surface area contributed by atoms with E-state index in [9.17, 15) is 8.42 Å². The molecular weight excluding hydrogens is 292 g/mol. The fourth-order valence-corrected chi connectivity index (χ4v) is 3.21. The molecule has 1 rings (SSSR count). The molecule has 1 aromatic carbocycles. The average molecular weight is 316 g/mol. The largest absolute Gasteiger partial charge is 0.316 e. The Morgan fingerprint density at radius 3 is 2.20 bits per heavy atom. The maximum Gasteiger partial charge on any atom is 0.215 e. The normalized spacial score (nSPS) is 12.6. The first kappa shape index (κ1) is 17.5. The zero-order valence-electron chi connectivity index (χ0n) is 12.6. The molecule has 0 amide bonds. The summed E-state index contributed by atoms with van der Waals surface area (Å²) in [5.41, 5.74) is 1.95. The number of hydrogen-bond acceptors (Lipinski definition) is 4. The Labute approximate surface area is 126 Å². The maximum atomic E-state index is 12.0. The standard InChI is InChI=1S/C14H24N2O2S2/c1-14(2,19-4)11-16-20(17,18)10-13-7-5-12(6-8-13)9-15-3/h5-8,15-16H,9-11H2,1-4H3. The Balaban J connectivity index is 2.62. The predicted molar refractivity (Wildman–Crippen MR) is 87.4 cm³/mol. The third-order valence-electron chi connectivity index (χ3n) is 3.03. The number of benzene rings is 1. The van der Waals surface area contributed by atoms with Crippen molar-refractivity contribution >= 4 is 21.8 Å². The van der Waals surface area contributed by atoms with Gasteiger partial charge in [-0.05, 0) is 38.3 Å². The van der Waals surface area contributed by atoms with Crippen molar-refractivity contribution in [3.05, 3.63) is 35.4 Å². The van der Waals surface area contributed by atoms with Crippen LogP contribution in [0.5, 0.6) is 0 Å². The van der Waals surface area contributed by atoms with Crippen molar-refractivity contribution < 1.29 is 8.42 Å². The van der Waals surface area contributed by atoms with Gasteiger partial charge in [-0.3, -0.25) is 0 Å². The summed E-state index contributed by atoms with van der Waals surface area (Å²) in [6.07, 6.45) is 1.98. The van der Waals surface area contributed by atoms with Gasteiger partial charge in [-0.1, -0.05) is 24.3 Å². The average Bonchev–Trinajstić information content (AvgIpc) is 2.39. The Kier molecular flexibility index (Phi) is 6.51. The van der Waals surface area contributed by atoms with E-state index in [4.69, 9.17) is 0 Å². The summed E-state index contributed by atoms with van der Waals surface area (Å²) >= 11 is 1.65. The van der Waals surface area contributed by atoms with Crippen LogP contribution in [0.4, 0.5) is 0 Å². The van der Waals surface area contributed by atoms with Crippen molar-refractivity contribution in [3.63, 3.8) is 0 Å². The van der Waals surface area contributed by atoms with Crippen molar-refractivity contribution in [2.24, 2.45) is 0 Å². The molecule has 1 aromatic rings. The molecule has 4 nitrogen and oxygen atoms in total. The lowest BCUT2D eigenvalue weighted by Gasteiger charge is -2.22. The van der Waals surface area contributed by atoms with Crippen molar-refractivity contribution in [1.82, 2.24) is 10.0 Å². The highest BCUT2D eigenvalue weighted by Crippen LogP contribution is 2.20. The fraction of sp³-hybridized carbons (Fsp3) is 0.571.